The zero-order chi connectivity index (χ0) is 9.64. The second kappa shape index (κ2) is 5.49. The van der Waals surface area contributed by atoms with Crippen molar-refractivity contribution in [3.8, 4) is 0 Å². The van der Waals surface area contributed by atoms with Crippen LogP contribution >= 0.6 is 0 Å². The molecule has 2 aliphatic heterocycles. The summed E-state index contributed by atoms with van der Waals surface area (Å²) in [7, 11) is 0. The van der Waals surface area contributed by atoms with Crippen molar-refractivity contribution in [3.63, 3.8) is 0 Å². The fourth-order valence-electron chi connectivity index (χ4n) is 1.77. The van der Waals surface area contributed by atoms with Crippen LogP contribution in [0.2, 0.25) is 0 Å². The highest BCUT2D eigenvalue weighted by Gasteiger charge is 2.16. The molecule has 0 radical (unpaired) electrons. The Morgan fingerprint density at radius 3 is 3.07 bits per heavy atom. The van der Waals surface area contributed by atoms with Gasteiger partial charge in [0, 0.05) is 12.5 Å². The van der Waals surface area contributed by atoms with Crippen molar-refractivity contribution < 1.29 is 14.2 Å². The summed E-state index contributed by atoms with van der Waals surface area (Å²) in [5.41, 5.74) is 0. The monoisotopic (exact) mass is 198 g/mol. The Hall–Kier alpha value is -0.380. The van der Waals surface area contributed by atoms with Gasteiger partial charge in [0.05, 0.1) is 19.8 Å². The minimum Gasteiger partial charge on any atom is -0.377 e. The largest absolute Gasteiger partial charge is 0.377 e. The summed E-state index contributed by atoms with van der Waals surface area (Å²) in [4.78, 5) is 0. The number of hydrogen-bond acceptors (Lipinski definition) is 3. The van der Waals surface area contributed by atoms with Crippen molar-refractivity contribution in [2.24, 2.45) is 5.92 Å². The van der Waals surface area contributed by atoms with Crippen molar-refractivity contribution in [3.05, 3.63) is 12.2 Å². The lowest BCUT2D eigenvalue weighted by Gasteiger charge is -2.25. The molecule has 0 aromatic rings. The van der Waals surface area contributed by atoms with Gasteiger partial charge in [0.2, 0.25) is 0 Å². The molecule has 0 saturated carbocycles. The molecule has 1 saturated heterocycles. The summed E-state index contributed by atoms with van der Waals surface area (Å²) in [6, 6.07) is 0. The predicted octanol–water partition coefficient (Wildman–Crippen LogP) is 1.73. The minimum absolute atomic E-state index is 0.0269. The van der Waals surface area contributed by atoms with Crippen LogP contribution in [-0.2, 0) is 14.2 Å². The highest BCUT2D eigenvalue weighted by molar-refractivity contribution is 4.91. The van der Waals surface area contributed by atoms with Crippen LogP contribution in [0, 0.1) is 5.92 Å². The van der Waals surface area contributed by atoms with E-state index in [4.69, 9.17) is 14.2 Å². The molecule has 0 aromatic carbocycles. The fourth-order valence-corrected chi connectivity index (χ4v) is 1.77. The third-order valence-corrected chi connectivity index (χ3v) is 2.59. The Morgan fingerprint density at radius 1 is 1.36 bits per heavy atom. The van der Waals surface area contributed by atoms with Gasteiger partial charge in [-0.1, -0.05) is 12.2 Å². The first-order chi connectivity index (χ1) is 6.95. The Bertz CT molecular complexity index is 185. The van der Waals surface area contributed by atoms with E-state index >= 15 is 0 Å². The molecule has 2 heterocycles. The molecule has 1 fully saturated rings. The molecule has 2 rings (SSSR count). The van der Waals surface area contributed by atoms with E-state index in [9.17, 15) is 0 Å². The quantitative estimate of drug-likeness (QED) is 0.646. The van der Waals surface area contributed by atoms with Gasteiger partial charge in [0.15, 0.2) is 6.29 Å². The number of rotatable bonds is 3. The minimum atomic E-state index is 0.0269. The van der Waals surface area contributed by atoms with Gasteiger partial charge in [-0.3, -0.25) is 0 Å². The molecular formula is C11H18O3. The van der Waals surface area contributed by atoms with Gasteiger partial charge in [-0.2, -0.15) is 0 Å². The average Bonchev–Trinajstić information content (AvgIpc) is 2.29. The molecule has 0 amide bonds. The van der Waals surface area contributed by atoms with Crippen molar-refractivity contribution in [1.29, 1.82) is 0 Å². The number of hydrogen-bond donors (Lipinski definition) is 0. The molecule has 1 unspecified atom stereocenters. The highest BCUT2D eigenvalue weighted by atomic mass is 16.7. The van der Waals surface area contributed by atoms with E-state index in [1.165, 1.54) is 12.8 Å². The summed E-state index contributed by atoms with van der Waals surface area (Å²) < 4.78 is 16.5. The van der Waals surface area contributed by atoms with Crippen molar-refractivity contribution in [1.82, 2.24) is 0 Å². The van der Waals surface area contributed by atoms with Crippen LogP contribution in [0.1, 0.15) is 19.3 Å². The summed E-state index contributed by atoms with van der Waals surface area (Å²) in [5, 5.41) is 0. The van der Waals surface area contributed by atoms with E-state index in [0.29, 0.717) is 5.92 Å². The Balaban J connectivity index is 1.65. The second-order valence-electron chi connectivity index (χ2n) is 3.86. The van der Waals surface area contributed by atoms with E-state index in [0.717, 1.165) is 32.8 Å². The first kappa shape index (κ1) is 10.1. The Kier molecular flexibility index (Phi) is 3.98. The average molecular weight is 198 g/mol. The fraction of sp³-hybridized carbons (Fsp3) is 0.818. The summed E-state index contributed by atoms with van der Waals surface area (Å²) in [6.07, 6.45) is 7.69. The molecule has 3 nitrogen and oxygen atoms in total. The van der Waals surface area contributed by atoms with E-state index in [2.05, 4.69) is 12.2 Å². The Labute approximate surface area is 85.0 Å². The SMILES string of the molecule is C1=C[C@H](COC2CCCCO2)COC1. The van der Waals surface area contributed by atoms with Crippen molar-refractivity contribution in [2.45, 2.75) is 25.6 Å². The van der Waals surface area contributed by atoms with E-state index < -0.39 is 0 Å². The highest BCUT2D eigenvalue weighted by Crippen LogP contribution is 2.15. The standard InChI is InChI=1S/C11H18O3/c1-2-7-13-11(5-1)14-9-10-4-3-6-12-8-10/h3-4,10-11H,1-2,5-9H2/t10-,11?/m0/s1. The van der Waals surface area contributed by atoms with Crippen LogP contribution in [0.15, 0.2) is 12.2 Å². The first-order valence-corrected chi connectivity index (χ1v) is 5.43. The van der Waals surface area contributed by atoms with Crippen molar-refractivity contribution in [2.75, 3.05) is 26.4 Å². The molecule has 14 heavy (non-hydrogen) atoms. The second-order valence-corrected chi connectivity index (χ2v) is 3.86. The van der Waals surface area contributed by atoms with Gasteiger partial charge in [0.25, 0.3) is 0 Å². The topological polar surface area (TPSA) is 27.7 Å². The Morgan fingerprint density at radius 2 is 2.36 bits per heavy atom. The lowest BCUT2D eigenvalue weighted by Crippen LogP contribution is -2.26. The van der Waals surface area contributed by atoms with Crippen LogP contribution in [-0.4, -0.2) is 32.7 Å². The normalized spacial score (nSPS) is 33.1. The van der Waals surface area contributed by atoms with E-state index in [1.54, 1.807) is 0 Å². The summed E-state index contributed by atoms with van der Waals surface area (Å²) >= 11 is 0. The van der Waals surface area contributed by atoms with Crippen LogP contribution in [0.25, 0.3) is 0 Å². The third kappa shape index (κ3) is 3.08. The van der Waals surface area contributed by atoms with E-state index in [-0.39, 0.29) is 6.29 Å². The van der Waals surface area contributed by atoms with Crippen LogP contribution < -0.4 is 0 Å². The van der Waals surface area contributed by atoms with Gasteiger partial charge in [-0.25, -0.2) is 0 Å². The summed E-state index contributed by atoms with van der Waals surface area (Å²) in [6.45, 7) is 3.10. The lowest BCUT2D eigenvalue weighted by atomic mass is 10.1. The van der Waals surface area contributed by atoms with Crippen molar-refractivity contribution >= 4 is 0 Å². The molecule has 0 aromatic heterocycles. The predicted molar refractivity (Wildman–Crippen MR) is 53.0 cm³/mol. The van der Waals surface area contributed by atoms with Crippen LogP contribution in [0.3, 0.4) is 0 Å². The molecule has 0 aliphatic carbocycles. The zero-order valence-electron chi connectivity index (χ0n) is 8.48. The molecule has 0 spiro atoms. The zero-order valence-corrected chi connectivity index (χ0v) is 8.48. The lowest BCUT2D eigenvalue weighted by molar-refractivity contribution is -0.169. The van der Waals surface area contributed by atoms with Crippen LogP contribution in [0.5, 0.6) is 0 Å². The molecule has 80 valence electrons. The maximum atomic E-state index is 5.67. The molecule has 2 aliphatic rings. The first-order valence-electron chi connectivity index (χ1n) is 5.43. The molecular weight excluding hydrogens is 180 g/mol. The van der Waals surface area contributed by atoms with Gasteiger partial charge in [0.1, 0.15) is 0 Å². The van der Waals surface area contributed by atoms with Gasteiger partial charge >= 0.3 is 0 Å². The molecule has 0 bridgehead atoms. The van der Waals surface area contributed by atoms with Gasteiger partial charge in [-0.15, -0.1) is 0 Å². The summed E-state index contributed by atoms with van der Waals surface area (Å²) in [5.74, 6) is 0.411. The maximum Gasteiger partial charge on any atom is 0.157 e. The van der Waals surface area contributed by atoms with E-state index in [1.807, 2.05) is 0 Å². The van der Waals surface area contributed by atoms with Gasteiger partial charge in [-0.05, 0) is 19.3 Å². The molecule has 2 atom stereocenters. The number of ether oxygens (including phenoxy) is 3. The van der Waals surface area contributed by atoms with Crippen LogP contribution in [0.4, 0.5) is 0 Å². The van der Waals surface area contributed by atoms with Gasteiger partial charge < -0.3 is 14.2 Å². The smallest absolute Gasteiger partial charge is 0.157 e. The molecule has 3 heteroatoms. The maximum absolute atomic E-state index is 5.67. The molecule has 0 N–H and O–H groups in total. The third-order valence-electron chi connectivity index (χ3n) is 2.59.